The van der Waals surface area contributed by atoms with E-state index in [9.17, 15) is 5.26 Å². The van der Waals surface area contributed by atoms with Gasteiger partial charge in [0.25, 0.3) is 0 Å². The van der Waals surface area contributed by atoms with Crippen LogP contribution >= 0.6 is 0 Å². The number of fused-ring (bicyclic) bond motifs is 15. The van der Waals surface area contributed by atoms with E-state index in [1.165, 1.54) is 0 Å². The monoisotopic (exact) mass is 717 g/mol. The van der Waals surface area contributed by atoms with E-state index in [-0.39, 0.29) is 0 Å². The minimum atomic E-state index is -0.786. The third kappa shape index (κ3) is 3.78. The Kier molecular flexibility index (Phi) is 5.90. The zero-order valence-corrected chi connectivity index (χ0v) is 29.2. The summed E-state index contributed by atoms with van der Waals surface area (Å²) >= 11 is 0. The van der Waals surface area contributed by atoms with Crippen LogP contribution in [0.4, 0.5) is 5.69 Å². The fourth-order valence-electron chi connectivity index (χ4n) is 9.18. The molecule has 0 bridgehead atoms. The lowest BCUT2D eigenvalue weighted by Crippen LogP contribution is -2.32. The number of nitriles is 1. The molecule has 10 heteroatoms. The number of hydrogen-bond acceptors (Lipinski definition) is 7. The lowest BCUT2D eigenvalue weighted by molar-refractivity contribution is 0.436. The quantitative estimate of drug-likeness (QED) is 0.164. The van der Waals surface area contributed by atoms with Crippen molar-refractivity contribution in [3.8, 4) is 40.3 Å². The largest absolute Gasteiger partial charge is 0.457 e. The van der Waals surface area contributed by atoms with Gasteiger partial charge in [0.15, 0.2) is 5.69 Å². The average molecular weight is 718 g/mol. The highest BCUT2D eigenvalue weighted by molar-refractivity contribution is 6.10. The van der Waals surface area contributed by atoms with Crippen molar-refractivity contribution in [1.82, 2.24) is 34.1 Å². The van der Waals surface area contributed by atoms with E-state index < -0.39 is 5.41 Å². The topological polar surface area (TPSA) is 112 Å². The molecule has 0 saturated heterocycles. The maximum absolute atomic E-state index is 9.68. The smallest absolute Gasteiger partial charge is 0.188 e. The molecule has 8 heterocycles. The summed E-state index contributed by atoms with van der Waals surface area (Å²) in [4.78, 5) is 26.9. The van der Waals surface area contributed by atoms with Gasteiger partial charge in [0.2, 0.25) is 0 Å². The van der Waals surface area contributed by atoms with Gasteiger partial charge in [0.05, 0.1) is 69.7 Å². The zero-order chi connectivity index (χ0) is 37.1. The molecule has 7 aromatic heterocycles. The molecule has 1 aliphatic heterocycles. The molecule has 0 atom stereocenters. The molecule has 0 amide bonds. The minimum absolute atomic E-state index is 0.350. The van der Waals surface area contributed by atoms with Gasteiger partial charge in [-0.15, -0.1) is 0 Å². The second-order valence-electron chi connectivity index (χ2n) is 14.0. The molecule has 2 aliphatic rings. The van der Waals surface area contributed by atoms with Crippen LogP contribution in [0.15, 0.2) is 140 Å². The Hall–Kier alpha value is -8.21. The molecule has 0 saturated carbocycles. The number of rotatable bonds is 2. The summed E-state index contributed by atoms with van der Waals surface area (Å²) < 4.78 is 11.4. The van der Waals surface area contributed by atoms with Crippen molar-refractivity contribution in [2.75, 3.05) is 0 Å². The average Bonchev–Trinajstić information content (AvgIpc) is 3.87. The summed E-state index contributed by atoms with van der Waals surface area (Å²) in [5, 5.41) is 13.6. The van der Waals surface area contributed by atoms with Gasteiger partial charge in [-0.05, 0) is 71.1 Å². The van der Waals surface area contributed by atoms with Crippen LogP contribution in [0.3, 0.4) is 0 Å². The summed E-state index contributed by atoms with van der Waals surface area (Å²) in [6.07, 6.45) is 12.6. The third-order valence-electron chi connectivity index (χ3n) is 11.4. The first kappa shape index (κ1) is 30.3. The molecule has 258 valence electrons. The zero-order valence-electron chi connectivity index (χ0n) is 29.2. The number of hydrogen-bond donors (Lipinski definition) is 0. The molecule has 3 aromatic carbocycles. The Morgan fingerprint density at radius 3 is 1.77 bits per heavy atom. The standard InChI is InChI=1S/C46H23N9O/c1-48-26-6-11-38-32(18-26)30-12-16-49-23-39(30)54(38)28-7-9-34-42(20-28)56-43-21-29(55-40-24-50-17-13-31(40)33-19-27(22-47)53-25-41(33)55)8-10-35(43)46(34)36-4-2-14-51-44(36)45-37(46)5-3-15-52-45/h2-21,23-25H. The Labute approximate surface area is 318 Å². The predicted molar refractivity (Wildman–Crippen MR) is 212 cm³/mol. The molecule has 0 radical (unpaired) electrons. The number of aromatic nitrogens is 7. The predicted octanol–water partition coefficient (Wildman–Crippen LogP) is 9.75. The first-order chi connectivity index (χ1) is 27.7. The van der Waals surface area contributed by atoms with Gasteiger partial charge in [0, 0.05) is 69.9 Å². The number of pyridine rings is 5. The Balaban J connectivity index is 1.15. The van der Waals surface area contributed by atoms with Crippen molar-refractivity contribution in [2.24, 2.45) is 0 Å². The SMILES string of the molecule is [C-]#[N+]c1ccc2c(c1)c1ccncc1n2-c1ccc2c(c1)Oc1cc(-n3c4cnccc4c4cc(C#N)ncc43)ccc1C21c2cccnc2-c2ncccc21. The van der Waals surface area contributed by atoms with Gasteiger partial charge < -0.3 is 13.9 Å². The molecular formula is C46H23N9O. The summed E-state index contributed by atoms with van der Waals surface area (Å²) in [6, 6.07) is 34.8. The molecule has 0 unspecified atom stereocenters. The fourth-order valence-corrected chi connectivity index (χ4v) is 9.18. The van der Waals surface area contributed by atoms with Crippen molar-refractivity contribution in [3.63, 3.8) is 0 Å². The maximum Gasteiger partial charge on any atom is 0.188 e. The molecule has 10 nitrogen and oxygen atoms in total. The first-order valence-electron chi connectivity index (χ1n) is 18.0. The van der Waals surface area contributed by atoms with Gasteiger partial charge in [-0.1, -0.05) is 30.3 Å². The van der Waals surface area contributed by atoms with Gasteiger partial charge in [0.1, 0.15) is 23.3 Å². The molecule has 56 heavy (non-hydrogen) atoms. The van der Waals surface area contributed by atoms with E-state index >= 15 is 0 Å². The molecule has 1 aliphatic carbocycles. The van der Waals surface area contributed by atoms with Crippen molar-refractivity contribution in [2.45, 2.75) is 5.41 Å². The van der Waals surface area contributed by atoms with Gasteiger partial charge in [-0.3, -0.25) is 19.9 Å². The minimum Gasteiger partial charge on any atom is -0.457 e. The normalized spacial score (nSPS) is 13.2. The lowest BCUT2D eigenvalue weighted by atomic mass is 9.66. The van der Waals surface area contributed by atoms with Crippen LogP contribution in [0.25, 0.3) is 71.2 Å². The van der Waals surface area contributed by atoms with Gasteiger partial charge >= 0.3 is 0 Å². The molecule has 10 aromatic rings. The molecule has 12 rings (SSSR count). The molecular weight excluding hydrogens is 695 g/mol. The van der Waals surface area contributed by atoms with E-state index in [0.29, 0.717) is 22.9 Å². The van der Waals surface area contributed by atoms with Crippen molar-refractivity contribution in [3.05, 3.63) is 180 Å². The van der Waals surface area contributed by atoms with E-state index in [2.05, 4.69) is 83.5 Å². The number of benzene rings is 3. The fraction of sp³-hybridized carbons (Fsp3) is 0.0217. The van der Waals surface area contributed by atoms with E-state index in [4.69, 9.17) is 21.3 Å². The first-order valence-corrected chi connectivity index (χ1v) is 18.0. The van der Waals surface area contributed by atoms with Crippen LogP contribution in [0.2, 0.25) is 0 Å². The highest BCUT2D eigenvalue weighted by Crippen LogP contribution is 2.61. The maximum atomic E-state index is 9.68. The Morgan fingerprint density at radius 2 is 1.16 bits per heavy atom. The van der Waals surface area contributed by atoms with Crippen LogP contribution in [0, 0.1) is 17.9 Å². The summed E-state index contributed by atoms with van der Waals surface area (Å²) in [5.74, 6) is 1.38. The summed E-state index contributed by atoms with van der Waals surface area (Å²) in [6.45, 7) is 7.66. The molecule has 1 spiro atoms. The Bertz CT molecular complexity index is 3230. The second-order valence-corrected chi connectivity index (χ2v) is 14.0. The van der Waals surface area contributed by atoms with Crippen molar-refractivity contribution in [1.29, 1.82) is 5.26 Å². The van der Waals surface area contributed by atoms with Crippen LogP contribution < -0.4 is 4.74 Å². The van der Waals surface area contributed by atoms with Crippen LogP contribution in [0.5, 0.6) is 11.5 Å². The Morgan fingerprint density at radius 1 is 0.571 bits per heavy atom. The second kappa shape index (κ2) is 10.9. The van der Waals surface area contributed by atoms with Crippen LogP contribution in [0.1, 0.15) is 27.9 Å². The number of ether oxygens (including phenoxy) is 1. The summed E-state index contributed by atoms with van der Waals surface area (Å²) in [7, 11) is 0. The van der Waals surface area contributed by atoms with Crippen LogP contribution in [-0.2, 0) is 5.41 Å². The lowest BCUT2D eigenvalue weighted by Gasteiger charge is -2.39. The van der Waals surface area contributed by atoms with Crippen molar-refractivity contribution < 1.29 is 4.74 Å². The summed E-state index contributed by atoms with van der Waals surface area (Å²) in [5.41, 5.74) is 11.2. The highest BCUT2D eigenvalue weighted by Gasteiger charge is 2.52. The van der Waals surface area contributed by atoms with Crippen LogP contribution in [-0.4, -0.2) is 34.1 Å². The third-order valence-corrected chi connectivity index (χ3v) is 11.4. The highest BCUT2D eigenvalue weighted by atomic mass is 16.5. The van der Waals surface area contributed by atoms with Gasteiger partial charge in [-0.2, -0.15) is 5.26 Å². The van der Waals surface area contributed by atoms with Crippen molar-refractivity contribution >= 4 is 49.3 Å². The van der Waals surface area contributed by atoms with E-state index in [1.807, 2.05) is 73.3 Å². The van der Waals surface area contributed by atoms with Gasteiger partial charge in [-0.25, -0.2) is 9.83 Å². The van der Waals surface area contributed by atoms with E-state index in [1.54, 1.807) is 18.6 Å². The van der Waals surface area contributed by atoms with E-state index in [0.717, 1.165) is 88.6 Å². The number of nitrogens with zero attached hydrogens (tertiary/aromatic N) is 9. The molecule has 0 fully saturated rings. The molecule has 0 N–H and O–H groups in total.